The van der Waals surface area contributed by atoms with Crippen LogP contribution in [0.3, 0.4) is 0 Å². The van der Waals surface area contributed by atoms with Gasteiger partial charge < -0.3 is 10.1 Å². The van der Waals surface area contributed by atoms with Crippen molar-refractivity contribution in [2.75, 3.05) is 6.61 Å². The third-order valence-electron chi connectivity index (χ3n) is 3.82. The second-order valence-corrected chi connectivity index (χ2v) is 5.52. The average molecular weight is 254 g/mol. The minimum absolute atomic E-state index is 0.0807. The van der Waals surface area contributed by atoms with Gasteiger partial charge in [0.05, 0.1) is 6.10 Å². The molecule has 0 amide bonds. The predicted octanol–water partition coefficient (Wildman–Crippen LogP) is 3.31. The normalized spacial score (nSPS) is 28.6. The summed E-state index contributed by atoms with van der Waals surface area (Å²) in [7, 11) is 0. The Hall–Kier alpha value is -0.570. The molecule has 3 heteroatoms. The van der Waals surface area contributed by atoms with E-state index in [9.17, 15) is 0 Å². The molecule has 1 aromatic rings. The number of aryl methyl sites for hydroxylation is 1. The average Bonchev–Trinajstić information content (AvgIpc) is 2.62. The molecule has 2 unspecified atom stereocenters. The standard InChI is InChI=1S/C14H20ClNO/c1-10-4-5-12(8-13(10)15)9-16-14(3)6-7-17-11(14)2/h4-5,8,11,16H,6-7,9H2,1-3H3. The lowest BCUT2D eigenvalue weighted by Gasteiger charge is -2.29. The van der Waals surface area contributed by atoms with Crippen molar-refractivity contribution in [3.05, 3.63) is 34.3 Å². The van der Waals surface area contributed by atoms with Gasteiger partial charge in [0.25, 0.3) is 0 Å². The molecule has 0 saturated carbocycles. The summed E-state index contributed by atoms with van der Waals surface area (Å²) in [4.78, 5) is 0. The highest BCUT2D eigenvalue weighted by molar-refractivity contribution is 6.31. The molecule has 94 valence electrons. The molecule has 1 fully saturated rings. The van der Waals surface area contributed by atoms with Crippen molar-refractivity contribution in [2.45, 2.75) is 45.4 Å². The Morgan fingerprint density at radius 2 is 2.29 bits per heavy atom. The molecule has 1 aromatic carbocycles. The molecule has 0 aliphatic carbocycles. The van der Waals surface area contributed by atoms with Crippen LogP contribution in [0.1, 0.15) is 31.4 Å². The molecule has 1 heterocycles. The molecule has 0 bridgehead atoms. The Morgan fingerprint density at radius 3 is 2.88 bits per heavy atom. The van der Waals surface area contributed by atoms with Gasteiger partial charge in [-0.2, -0.15) is 0 Å². The lowest BCUT2D eigenvalue weighted by Crippen LogP contribution is -2.47. The zero-order valence-corrected chi connectivity index (χ0v) is 11.5. The third-order valence-corrected chi connectivity index (χ3v) is 4.23. The van der Waals surface area contributed by atoms with Crippen LogP contribution in [0, 0.1) is 6.92 Å². The first-order valence-corrected chi connectivity index (χ1v) is 6.51. The fourth-order valence-corrected chi connectivity index (χ4v) is 2.32. The van der Waals surface area contributed by atoms with E-state index >= 15 is 0 Å². The zero-order chi connectivity index (χ0) is 12.5. The molecule has 1 aliphatic heterocycles. The van der Waals surface area contributed by atoms with Gasteiger partial charge in [-0.15, -0.1) is 0 Å². The number of halogens is 1. The molecule has 1 aliphatic rings. The SMILES string of the molecule is Cc1ccc(CNC2(C)CCOC2C)cc1Cl. The number of ether oxygens (including phenoxy) is 1. The van der Waals surface area contributed by atoms with Gasteiger partial charge in [-0.1, -0.05) is 23.7 Å². The minimum atomic E-state index is 0.0807. The molecule has 0 spiro atoms. The Bertz CT molecular complexity index is 407. The summed E-state index contributed by atoms with van der Waals surface area (Å²) in [5.41, 5.74) is 2.43. The van der Waals surface area contributed by atoms with E-state index in [-0.39, 0.29) is 11.6 Å². The molecular weight excluding hydrogens is 234 g/mol. The molecule has 0 aromatic heterocycles. The van der Waals surface area contributed by atoms with E-state index in [4.69, 9.17) is 16.3 Å². The highest BCUT2D eigenvalue weighted by Gasteiger charge is 2.36. The first kappa shape index (κ1) is 12.9. The van der Waals surface area contributed by atoms with Crippen molar-refractivity contribution in [3.63, 3.8) is 0 Å². The lowest BCUT2D eigenvalue weighted by molar-refractivity contribution is 0.0881. The van der Waals surface area contributed by atoms with Gasteiger partial charge in [-0.25, -0.2) is 0 Å². The van der Waals surface area contributed by atoms with Gasteiger partial charge in [0.2, 0.25) is 0 Å². The second kappa shape index (κ2) is 4.97. The zero-order valence-electron chi connectivity index (χ0n) is 10.7. The van der Waals surface area contributed by atoms with Crippen LogP contribution in [0.25, 0.3) is 0 Å². The number of hydrogen-bond acceptors (Lipinski definition) is 2. The fraction of sp³-hybridized carbons (Fsp3) is 0.571. The number of nitrogens with one attached hydrogen (secondary N) is 1. The largest absolute Gasteiger partial charge is 0.377 e. The first-order chi connectivity index (χ1) is 8.01. The highest BCUT2D eigenvalue weighted by atomic mass is 35.5. The van der Waals surface area contributed by atoms with Gasteiger partial charge in [0.15, 0.2) is 0 Å². The summed E-state index contributed by atoms with van der Waals surface area (Å²) in [5.74, 6) is 0. The second-order valence-electron chi connectivity index (χ2n) is 5.12. The maximum atomic E-state index is 6.12. The number of hydrogen-bond donors (Lipinski definition) is 1. The van der Waals surface area contributed by atoms with E-state index in [0.717, 1.165) is 30.2 Å². The molecule has 0 radical (unpaired) electrons. The van der Waals surface area contributed by atoms with Crippen LogP contribution < -0.4 is 5.32 Å². The van der Waals surface area contributed by atoms with Crippen molar-refractivity contribution >= 4 is 11.6 Å². The van der Waals surface area contributed by atoms with E-state index in [1.54, 1.807) is 0 Å². The number of rotatable bonds is 3. The molecule has 2 rings (SSSR count). The summed E-state index contributed by atoms with van der Waals surface area (Å²) in [6.07, 6.45) is 1.33. The summed E-state index contributed by atoms with van der Waals surface area (Å²) in [6, 6.07) is 6.22. The Balaban J connectivity index is 2.00. The highest BCUT2D eigenvalue weighted by Crippen LogP contribution is 2.26. The van der Waals surface area contributed by atoms with Crippen LogP contribution >= 0.6 is 11.6 Å². The van der Waals surface area contributed by atoms with E-state index in [1.165, 1.54) is 5.56 Å². The maximum absolute atomic E-state index is 6.12. The smallest absolute Gasteiger partial charge is 0.0726 e. The van der Waals surface area contributed by atoms with Crippen LogP contribution in [0.2, 0.25) is 5.02 Å². The first-order valence-electron chi connectivity index (χ1n) is 6.13. The Labute approximate surface area is 108 Å². The van der Waals surface area contributed by atoms with E-state index in [0.29, 0.717) is 0 Å². The maximum Gasteiger partial charge on any atom is 0.0726 e. The van der Waals surface area contributed by atoms with Gasteiger partial charge in [0.1, 0.15) is 0 Å². The van der Waals surface area contributed by atoms with Crippen LogP contribution in [-0.2, 0) is 11.3 Å². The minimum Gasteiger partial charge on any atom is -0.377 e. The molecule has 1 saturated heterocycles. The van der Waals surface area contributed by atoms with E-state index < -0.39 is 0 Å². The van der Waals surface area contributed by atoms with Crippen LogP contribution in [0.4, 0.5) is 0 Å². The molecule has 17 heavy (non-hydrogen) atoms. The van der Waals surface area contributed by atoms with E-state index in [2.05, 4.69) is 31.3 Å². The van der Waals surface area contributed by atoms with Gasteiger partial charge >= 0.3 is 0 Å². The monoisotopic (exact) mass is 253 g/mol. The van der Waals surface area contributed by atoms with Crippen LogP contribution in [0.15, 0.2) is 18.2 Å². The summed E-state index contributed by atoms with van der Waals surface area (Å²) < 4.78 is 5.61. The van der Waals surface area contributed by atoms with Crippen molar-refractivity contribution in [3.8, 4) is 0 Å². The van der Waals surface area contributed by atoms with Gasteiger partial charge in [-0.3, -0.25) is 0 Å². The quantitative estimate of drug-likeness (QED) is 0.893. The predicted molar refractivity (Wildman–Crippen MR) is 71.5 cm³/mol. The van der Waals surface area contributed by atoms with Crippen molar-refractivity contribution < 1.29 is 4.74 Å². The Kier molecular flexibility index (Phi) is 3.76. The fourth-order valence-electron chi connectivity index (χ4n) is 2.12. The summed E-state index contributed by atoms with van der Waals surface area (Å²) >= 11 is 6.12. The summed E-state index contributed by atoms with van der Waals surface area (Å²) in [6.45, 7) is 8.06. The van der Waals surface area contributed by atoms with Gasteiger partial charge in [-0.05, 0) is 44.4 Å². The van der Waals surface area contributed by atoms with Crippen LogP contribution in [-0.4, -0.2) is 18.2 Å². The third kappa shape index (κ3) is 2.82. The van der Waals surface area contributed by atoms with Crippen molar-refractivity contribution in [1.29, 1.82) is 0 Å². The van der Waals surface area contributed by atoms with Gasteiger partial charge in [0, 0.05) is 23.7 Å². The lowest BCUT2D eigenvalue weighted by atomic mass is 9.94. The van der Waals surface area contributed by atoms with Crippen molar-refractivity contribution in [1.82, 2.24) is 5.32 Å². The molecule has 1 N–H and O–H groups in total. The van der Waals surface area contributed by atoms with E-state index in [1.807, 2.05) is 13.0 Å². The topological polar surface area (TPSA) is 21.3 Å². The summed E-state index contributed by atoms with van der Waals surface area (Å²) in [5, 5.41) is 4.43. The molecular formula is C14H20ClNO. The molecule has 2 atom stereocenters. The Morgan fingerprint density at radius 1 is 1.53 bits per heavy atom. The molecule has 2 nitrogen and oxygen atoms in total. The van der Waals surface area contributed by atoms with Crippen LogP contribution in [0.5, 0.6) is 0 Å². The number of benzene rings is 1. The van der Waals surface area contributed by atoms with Crippen molar-refractivity contribution in [2.24, 2.45) is 0 Å².